The molecule has 0 saturated heterocycles. The Balaban J connectivity index is 3.22. The lowest BCUT2D eigenvalue weighted by Crippen LogP contribution is -2.74. The Morgan fingerprint density at radius 3 is 0.864 bits per heavy atom. The van der Waals surface area contributed by atoms with Gasteiger partial charge in [-0.2, -0.15) is 173 Å². The van der Waals surface area contributed by atoms with Gasteiger partial charge in [-0.15, -0.1) is 0 Å². The molecule has 0 fully saturated rings. The molecular formula is C29H18F34OS2. The van der Waals surface area contributed by atoms with Gasteiger partial charge in [0.2, 0.25) is 0 Å². The third-order valence-corrected chi connectivity index (χ3v) is 10.7. The van der Waals surface area contributed by atoms with Crippen LogP contribution in [0.5, 0.6) is 5.75 Å². The van der Waals surface area contributed by atoms with Gasteiger partial charge in [0, 0.05) is 29.9 Å². The fourth-order valence-electron chi connectivity index (χ4n) is 4.61. The van der Waals surface area contributed by atoms with E-state index in [4.69, 9.17) is 0 Å². The zero-order valence-corrected chi connectivity index (χ0v) is 32.1. The highest BCUT2D eigenvalue weighted by Crippen LogP contribution is 2.66. The van der Waals surface area contributed by atoms with Crippen molar-refractivity contribution in [2.45, 2.75) is 127 Å². The first-order chi connectivity index (χ1) is 28.5. The van der Waals surface area contributed by atoms with Crippen LogP contribution >= 0.6 is 23.5 Å². The third-order valence-electron chi connectivity index (χ3n) is 8.66. The van der Waals surface area contributed by atoms with E-state index in [1.807, 2.05) is 0 Å². The Morgan fingerprint density at radius 2 is 0.591 bits per heavy atom. The SMILES string of the molecule is Cc1cc(CSCCC(F)(F)C(F)(F)C(F)(F)C(F)(F)C(F)(F)C(F)(F)C(F)(F)C(F)(F)F)cc(CSCCC(F)(F)C(F)(F)C(F)(F)C(F)(F)C(F)(F)C(F)(F)C(F)(F)C(F)(F)F)c1O. The van der Waals surface area contributed by atoms with Gasteiger partial charge < -0.3 is 5.11 Å². The Bertz CT molecular complexity index is 1840. The van der Waals surface area contributed by atoms with Gasteiger partial charge in [0.25, 0.3) is 0 Å². The number of thioether (sulfide) groups is 2. The summed E-state index contributed by atoms with van der Waals surface area (Å²) in [5.41, 5.74) is -1.50. The Hall–Kier alpha value is -2.66. The molecule has 1 rings (SSSR count). The Labute approximate surface area is 350 Å². The second-order valence-corrected chi connectivity index (χ2v) is 15.5. The predicted molar refractivity (Wildman–Crippen MR) is 156 cm³/mol. The van der Waals surface area contributed by atoms with Crippen molar-refractivity contribution in [2.75, 3.05) is 11.5 Å². The highest BCUT2D eigenvalue weighted by Gasteiger charge is 2.96. The van der Waals surface area contributed by atoms with E-state index in [0.717, 1.165) is 13.0 Å². The summed E-state index contributed by atoms with van der Waals surface area (Å²) in [6.07, 6.45) is -21.8. The van der Waals surface area contributed by atoms with E-state index in [-0.39, 0.29) is 23.5 Å². The maximum absolute atomic E-state index is 14.2. The molecule has 0 atom stereocenters. The summed E-state index contributed by atoms with van der Waals surface area (Å²) in [5.74, 6) is -123. The lowest BCUT2D eigenvalue weighted by molar-refractivity contribution is -0.461. The number of aryl methyl sites for hydroxylation is 1. The van der Waals surface area contributed by atoms with Crippen LogP contribution in [0.2, 0.25) is 0 Å². The number of aromatic hydroxyl groups is 1. The molecule has 37 heteroatoms. The first-order valence-corrected chi connectivity index (χ1v) is 18.2. The molecule has 1 aromatic rings. The van der Waals surface area contributed by atoms with Crippen LogP contribution in [-0.2, 0) is 11.5 Å². The van der Waals surface area contributed by atoms with Crippen molar-refractivity contribution in [3.8, 4) is 5.75 Å². The summed E-state index contributed by atoms with van der Waals surface area (Å²) in [7, 11) is 0. The lowest BCUT2D eigenvalue weighted by Gasteiger charge is -2.42. The molecule has 1 nitrogen and oxygen atoms in total. The molecular weight excluding hydrogens is 1070 g/mol. The second-order valence-electron chi connectivity index (χ2n) is 13.3. The molecule has 66 heavy (non-hydrogen) atoms. The number of phenols is 1. The summed E-state index contributed by atoms with van der Waals surface area (Å²) < 4.78 is 458. The molecule has 390 valence electrons. The van der Waals surface area contributed by atoms with E-state index in [1.54, 1.807) is 0 Å². The van der Waals surface area contributed by atoms with E-state index in [1.165, 1.54) is 0 Å². The van der Waals surface area contributed by atoms with Crippen molar-refractivity contribution in [3.05, 3.63) is 28.8 Å². The summed E-state index contributed by atoms with van der Waals surface area (Å²) >= 11 is -0.446. The zero-order valence-electron chi connectivity index (χ0n) is 30.5. The fourth-order valence-corrected chi connectivity index (χ4v) is 6.54. The van der Waals surface area contributed by atoms with Crippen molar-refractivity contribution in [3.63, 3.8) is 0 Å². The standard InChI is InChI=1S/C29H18F34OS2/c1-10-6-11(8-65-4-2-14(30,31)16(34,35)18(38,39)20(42,43)22(46,47)24(50,51)26(54,55)28(58,59)60)7-12(13(10)64)9-66-5-3-15(32,33)17(36,37)19(40,41)21(44,45)23(48,49)25(52,53)27(56,57)29(61,62)63/h6-7,64H,2-5,8-9H2,1H3. The fraction of sp³-hybridized carbons (Fsp3) is 0.793. The van der Waals surface area contributed by atoms with E-state index in [2.05, 4.69) is 0 Å². The molecule has 0 saturated carbocycles. The third kappa shape index (κ3) is 9.26. The molecule has 0 aromatic heterocycles. The van der Waals surface area contributed by atoms with Gasteiger partial charge in [-0.25, -0.2) is 0 Å². The first kappa shape index (κ1) is 61.4. The molecule has 0 heterocycles. The maximum Gasteiger partial charge on any atom is 0.460 e. The average Bonchev–Trinajstić information content (AvgIpc) is 3.11. The molecule has 0 radical (unpaired) electrons. The van der Waals surface area contributed by atoms with Gasteiger partial charge >= 0.3 is 95.3 Å². The number of rotatable bonds is 22. The van der Waals surface area contributed by atoms with Gasteiger partial charge in [0.1, 0.15) is 5.75 Å². The van der Waals surface area contributed by atoms with Crippen LogP contribution < -0.4 is 0 Å². The molecule has 0 amide bonds. The van der Waals surface area contributed by atoms with Crippen LogP contribution in [0.25, 0.3) is 0 Å². The number of hydrogen-bond acceptors (Lipinski definition) is 3. The van der Waals surface area contributed by atoms with Crippen LogP contribution in [0, 0.1) is 6.92 Å². The molecule has 0 aliphatic heterocycles. The van der Waals surface area contributed by atoms with Gasteiger partial charge in [0.15, 0.2) is 0 Å². The molecule has 0 spiro atoms. The van der Waals surface area contributed by atoms with Crippen LogP contribution in [0.15, 0.2) is 12.1 Å². The smallest absolute Gasteiger partial charge is 0.460 e. The van der Waals surface area contributed by atoms with Gasteiger partial charge in [-0.1, -0.05) is 12.1 Å². The minimum absolute atomic E-state index is 0.188. The molecule has 0 bridgehead atoms. The number of halogens is 34. The minimum Gasteiger partial charge on any atom is -0.507 e. The Kier molecular flexibility index (Phi) is 16.4. The predicted octanol–water partition coefficient (Wildman–Crippen LogP) is 15.0. The largest absolute Gasteiger partial charge is 0.507 e. The van der Waals surface area contributed by atoms with Crippen LogP contribution in [0.1, 0.15) is 29.5 Å². The van der Waals surface area contributed by atoms with Gasteiger partial charge in [-0.05, 0) is 29.6 Å². The van der Waals surface area contributed by atoms with Gasteiger partial charge in [-0.3, -0.25) is 0 Å². The van der Waals surface area contributed by atoms with E-state index in [9.17, 15) is 154 Å². The minimum atomic E-state index is -8.88. The number of alkyl halides is 34. The second kappa shape index (κ2) is 17.6. The van der Waals surface area contributed by atoms with Crippen LogP contribution in [-0.4, -0.2) is 112 Å². The molecule has 0 unspecified atom stereocenters. The lowest BCUT2D eigenvalue weighted by atomic mass is 9.88. The van der Waals surface area contributed by atoms with E-state index < -0.39 is 154 Å². The molecule has 1 aromatic carbocycles. The quantitative estimate of drug-likeness (QED) is 0.0923. The van der Waals surface area contributed by atoms with Crippen molar-refractivity contribution in [1.29, 1.82) is 0 Å². The number of hydrogen-bond donors (Lipinski definition) is 1. The summed E-state index contributed by atoms with van der Waals surface area (Å²) in [6.45, 7) is 0.888. The number of phenolic OH excluding ortho intramolecular Hbond substituents is 1. The Morgan fingerprint density at radius 1 is 0.348 bits per heavy atom. The van der Waals surface area contributed by atoms with Crippen molar-refractivity contribution in [1.82, 2.24) is 0 Å². The normalized spacial score (nSPS) is 16.0. The van der Waals surface area contributed by atoms with E-state index >= 15 is 0 Å². The topological polar surface area (TPSA) is 20.2 Å². The molecule has 0 aliphatic carbocycles. The van der Waals surface area contributed by atoms with Crippen LogP contribution in [0.3, 0.4) is 0 Å². The summed E-state index contributed by atoms with van der Waals surface area (Å²) in [4.78, 5) is 0. The highest BCUT2D eigenvalue weighted by atomic mass is 32.2. The summed E-state index contributed by atoms with van der Waals surface area (Å²) in [6, 6.07) is 1.38. The molecule has 1 N–H and O–H groups in total. The van der Waals surface area contributed by atoms with Crippen molar-refractivity contribution >= 4 is 23.5 Å². The average molecular weight is 1090 g/mol. The maximum atomic E-state index is 14.2. The highest BCUT2D eigenvalue weighted by molar-refractivity contribution is 7.98. The zero-order chi connectivity index (χ0) is 53.4. The van der Waals surface area contributed by atoms with Crippen LogP contribution in [0.4, 0.5) is 149 Å². The number of benzene rings is 1. The van der Waals surface area contributed by atoms with Crippen molar-refractivity contribution < 1.29 is 154 Å². The first-order valence-electron chi connectivity index (χ1n) is 15.9. The van der Waals surface area contributed by atoms with Gasteiger partial charge in [0.05, 0.1) is 0 Å². The molecule has 0 aliphatic rings. The van der Waals surface area contributed by atoms with Crippen molar-refractivity contribution in [2.24, 2.45) is 0 Å². The summed E-state index contributed by atoms with van der Waals surface area (Å²) in [5, 5.41) is 10.1. The van der Waals surface area contributed by atoms with E-state index in [0.29, 0.717) is 6.07 Å². The monoisotopic (exact) mass is 1090 g/mol.